The first-order valence-corrected chi connectivity index (χ1v) is 7.37. The minimum Gasteiger partial charge on any atom is -0.481 e. The van der Waals surface area contributed by atoms with Crippen molar-refractivity contribution >= 4 is 23.5 Å². The molecule has 1 saturated carbocycles. The quantitative estimate of drug-likeness (QED) is 0.840. The highest BCUT2D eigenvalue weighted by Crippen LogP contribution is 2.48. The molecule has 1 aromatic rings. The van der Waals surface area contributed by atoms with Crippen LogP contribution in [0.1, 0.15) is 12.0 Å². The topological polar surface area (TPSA) is 66.4 Å². The number of aliphatic carboxylic acids is 1. The third-order valence-electron chi connectivity index (χ3n) is 4.40. The predicted octanol–water partition coefficient (Wildman–Crippen LogP) is 2.48. The predicted molar refractivity (Wildman–Crippen MR) is 78.7 cm³/mol. The Morgan fingerprint density at radius 2 is 1.95 bits per heavy atom. The van der Waals surface area contributed by atoms with E-state index in [1.54, 1.807) is 12.1 Å². The minimum atomic E-state index is -0.880. The molecule has 3 rings (SSSR count). The molecule has 1 fully saturated rings. The van der Waals surface area contributed by atoms with Crippen LogP contribution in [-0.4, -0.2) is 17.0 Å². The molecule has 0 radical (unpaired) electrons. The monoisotopic (exact) mass is 305 g/mol. The number of carbonyl (C=O) groups excluding carboxylic acids is 1. The van der Waals surface area contributed by atoms with Gasteiger partial charge in [-0.15, -0.1) is 0 Å². The molecule has 2 bridgehead atoms. The second-order valence-electron chi connectivity index (χ2n) is 5.69. The van der Waals surface area contributed by atoms with Gasteiger partial charge in [0.1, 0.15) is 0 Å². The normalized spacial score (nSPS) is 29.6. The summed E-state index contributed by atoms with van der Waals surface area (Å²) >= 11 is 5.90. The van der Waals surface area contributed by atoms with Crippen LogP contribution < -0.4 is 5.32 Å². The third kappa shape index (κ3) is 2.68. The molecular weight excluding hydrogens is 290 g/mol. The van der Waals surface area contributed by atoms with E-state index in [1.807, 2.05) is 24.3 Å². The largest absolute Gasteiger partial charge is 0.481 e. The molecule has 2 aliphatic rings. The number of hydrogen-bond donors (Lipinski definition) is 2. The number of fused-ring (bicyclic) bond motifs is 2. The summed E-state index contributed by atoms with van der Waals surface area (Å²) in [7, 11) is 0. The zero-order chi connectivity index (χ0) is 15.0. The fourth-order valence-corrected chi connectivity index (χ4v) is 3.68. The number of nitrogens with one attached hydrogen (secondary N) is 1. The van der Waals surface area contributed by atoms with Gasteiger partial charge in [0.25, 0.3) is 0 Å². The molecule has 4 atom stereocenters. The number of benzene rings is 1. The molecule has 0 heterocycles. The Labute approximate surface area is 127 Å². The molecule has 1 amide bonds. The van der Waals surface area contributed by atoms with Gasteiger partial charge in [0.05, 0.1) is 11.8 Å². The molecule has 2 N–H and O–H groups in total. The smallest absolute Gasteiger partial charge is 0.307 e. The molecule has 0 spiro atoms. The van der Waals surface area contributed by atoms with Crippen molar-refractivity contribution in [2.24, 2.45) is 23.7 Å². The number of allylic oxidation sites excluding steroid dienone is 2. The summed E-state index contributed by atoms with van der Waals surface area (Å²) in [6.07, 6.45) is 4.68. The molecule has 110 valence electrons. The van der Waals surface area contributed by atoms with Gasteiger partial charge in [-0.05, 0) is 36.0 Å². The van der Waals surface area contributed by atoms with Crippen LogP contribution in [0.25, 0.3) is 0 Å². The van der Waals surface area contributed by atoms with Gasteiger partial charge in [0.2, 0.25) is 5.91 Å². The number of amides is 1. The number of carboxylic acids is 1. The Bertz CT molecular complexity index is 613. The maximum atomic E-state index is 12.4. The Balaban J connectivity index is 1.68. The lowest BCUT2D eigenvalue weighted by molar-refractivity contribution is -0.147. The summed E-state index contributed by atoms with van der Waals surface area (Å²) in [6.45, 7) is 0.364. The lowest BCUT2D eigenvalue weighted by atomic mass is 9.82. The van der Waals surface area contributed by atoms with Crippen LogP contribution in [0.3, 0.4) is 0 Å². The lowest BCUT2D eigenvalue weighted by Gasteiger charge is -2.23. The van der Waals surface area contributed by atoms with Crippen LogP contribution in [0, 0.1) is 23.7 Å². The van der Waals surface area contributed by atoms with E-state index in [2.05, 4.69) is 5.32 Å². The first-order chi connectivity index (χ1) is 10.1. The van der Waals surface area contributed by atoms with Crippen LogP contribution in [-0.2, 0) is 16.1 Å². The first kappa shape index (κ1) is 14.1. The third-order valence-corrected chi connectivity index (χ3v) is 4.64. The molecule has 0 aromatic heterocycles. The Morgan fingerprint density at radius 3 is 2.62 bits per heavy atom. The van der Waals surface area contributed by atoms with Crippen LogP contribution in [0.5, 0.6) is 0 Å². The number of hydrogen-bond acceptors (Lipinski definition) is 2. The van der Waals surface area contributed by atoms with Gasteiger partial charge in [-0.1, -0.05) is 35.9 Å². The number of carboxylic acid groups (broad SMARTS) is 1. The molecule has 2 aliphatic carbocycles. The molecule has 5 heteroatoms. The molecule has 0 saturated heterocycles. The molecular formula is C16H16ClNO3. The fourth-order valence-electron chi connectivity index (χ4n) is 3.47. The number of carbonyl (C=O) groups is 2. The second kappa shape index (κ2) is 5.53. The summed E-state index contributed by atoms with van der Waals surface area (Å²) in [5.41, 5.74) is 0.904. The summed E-state index contributed by atoms with van der Waals surface area (Å²) in [6, 6.07) is 7.26. The lowest BCUT2D eigenvalue weighted by Crippen LogP contribution is -2.39. The van der Waals surface area contributed by atoms with Crippen LogP contribution >= 0.6 is 11.6 Å². The summed E-state index contributed by atoms with van der Waals surface area (Å²) in [5.74, 6) is -2.07. The zero-order valence-electron chi connectivity index (χ0n) is 11.3. The SMILES string of the molecule is O=C(NCc1cccc(Cl)c1)[C@@H]1[C@@H](C(=O)O)[C@H]2C=C[C@@H]1C2. The average molecular weight is 306 g/mol. The highest BCUT2D eigenvalue weighted by Gasteiger charge is 2.51. The van der Waals surface area contributed by atoms with E-state index in [9.17, 15) is 14.7 Å². The Morgan fingerprint density at radius 1 is 1.24 bits per heavy atom. The van der Waals surface area contributed by atoms with Crippen molar-refractivity contribution < 1.29 is 14.7 Å². The highest BCUT2D eigenvalue weighted by atomic mass is 35.5. The van der Waals surface area contributed by atoms with E-state index in [0.717, 1.165) is 12.0 Å². The molecule has 21 heavy (non-hydrogen) atoms. The van der Waals surface area contributed by atoms with E-state index in [-0.39, 0.29) is 17.7 Å². The van der Waals surface area contributed by atoms with Crippen molar-refractivity contribution in [3.63, 3.8) is 0 Å². The summed E-state index contributed by atoms with van der Waals surface area (Å²) < 4.78 is 0. The maximum Gasteiger partial charge on any atom is 0.307 e. The van der Waals surface area contributed by atoms with Gasteiger partial charge in [-0.25, -0.2) is 0 Å². The van der Waals surface area contributed by atoms with Gasteiger partial charge in [0.15, 0.2) is 0 Å². The van der Waals surface area contributed by atoms with E-state index in [1.165, 1.54) is 0 Å². The summed E-state index contributed by atoms with van der Waals surface area (Å²) in [5, 5.41) is 12.8. The molecule has 0 unspecified atom stereocenters. The fraction of sp³-hybridized carbons (Fsp3) is 0.375. The Hall–Kier alpha value is -1.81. The van der Waals surface area contributed by atoms with Gasteiger partial charge in [0, 0.05) is 11.6 Å². The average Bonchev–Trinajstić information content (AvgIpc) is 3.05. The van der Waals surface area contributed by atoms with Crippen molar-refractivity contribution in [2.45, 2.75) is 13.0 Å². The van der Waals surface area contributed by atoms with Gasteiger partial charge in [-0.3, -0.25) is 9.59 Å². The van der Waals surface area contributed by atoms with E-state index < -0.39 is 17.8 Å². The Kier molecular flexibility index (Phi) is 3.72. The van der Waals surface area contributed by atoms with E-state index >= 15 is 0 Å². The zero-order valence-corrected chi connectivity index (χ0v) is 12.1. The van der Waals surface area contributed by atoms with Gasteiger partial charge >= 0.3 is 5.97 Å². The van der Waals surface area contributed by atoms with E-state index in [4.69, 9.17) is 11.6 Å². The maximum absolute atomic E-state index is 12.4. The van der Waals surface area contributed by atoms with Crippen LogP contribution in [0.4, 0.5) is 0 Å². The molecule has 4 nitrogen and oxygen atoms in total. The standard InChI is InChI=1S/C16H16ClNO3/c17-12-3-1-2-9(6-12)8-18-15(19)13-10-4-5-11(7-10)14(13)16(20)21/h1-6,10-11,13-14H,7-8H2,(H,18,19)(H,20,21)/t10-,11+,13+,14+/m1/s1. The summed E-state index contributed by atoms with van der Waals surface area (Å²) in [4.78, 5) is 23.8. The van der Waals surface area contributed by atoms with Crippen LogP contribution in [0.15, 0.2) is 36.4 Å². The van der Waals surface area contributed by atoms with Crippen molar-refractivity contribution in [3.8, 4) is 0 Å². The van der Waals surface area contributed by atoms with Crippen molar-refractivity contribution in [1.82, 2.24) is 5.32 Å². The molecule has 0 aliphatic heterocycles. The minimum absolute atomic E-state index is 0.00517. The van der Waals surface area contributed by atoms with Crippen molar-refractivity contribution in [3.05, 3.63) is 47.0 Å². The van der Waals surface area contributed by atoms with Crippen molar-refractivity contribution in [2.75, 3.05) is 0 Å². The number of halogens is 1. The van der Waals surface area contributed by atoms with Gasteiger partial charge in [-0.2, -0.15) is 0 Å². The van der Waals surface area contributed by atoms with Crippen LogP contribution in [0.2, 0.25) is 5.02 Å². The first-order valence-electron chi connectivity index (χ1n) is 6.99. The highest BCUT2D eigenvalue weighted by molar-refractivity contribution is 6.30. The second-order valence-corrected chi connectivity index (χ2v) is 6.12. The van der Waals surface area contributed by atoms with Gasteiger partial charge < -0.3 is 10.4 Å². The number of rotatable bonds is 4. The van der Waals surface area contributed by atoms with E-state index in [0.29, 0.717) is 11.6 Å². The molecule has 1 aromatic carbocycles. The van der Waals surface area contributed by atoms with Crippen molar-refractivity contribution in [1.29, 1.82) is 0 Å².